The van der Waals surface area contributed by atoms with E-state index >= 15 is 0 Å². The van der Waals surface area contributed by atoms with Gasteiger partial charge in [0.15, 0.2) is 28.4 Å². The number of amides is 1. The lowest BCUT2D eigenvalue weighted by Crippen LogP contribution is -2.16. The van der Waals surface area contributed by atoms with Crippen LogP contribution in [0.1, 0.15) is 0 Å². The van der Waals surface area contributed by atoms with Crippen LogP contribution in [-0.2, 0) is 0 Å². The van der Waals surface area contributed by atoms with E-state index in [0.29, 0.717) is 45.4 Å². The number of fused-ring (bicyclic) bond motifs is 1. The molecule has 0 spiro atoms. The lowest BCUT2D eigenvalue weighted by Gasteiger charge is -2.13. The van der Waals surface area contributed by atoms with Crippen LogP contribution >= 0.6 is 0 Å². The Labute approximate surface area is 178 Å². The lowest BCUT2D eigenvalue weighted by molar-refractivity contribution is 0.215. The Morgan fingerprint density at radius 3 is 2.32 bits per heavy atom. The maximum absolute atomic E-state index is 12.3. The van der Waals surface area contributed by atoms with E-state index in [9.17, 15) is 4.79 Å². The lowest BCUT2D eigenvalue weighted by atomic mass is 10.1. The fraction of sp³-hybridized carbons (Fsp3) is 0.136. The number of para-hydroxylation sites is 1. The Kier molecular flexibility index (Phi) is 5.57. The van der Waals surface area contributed by atoms with Crippen LogP contribution in [0.5, 0.6) is 23.0 Å². The van der Waals surface area contributed by atoms with Crippen LogP contribution in [0.25, 0.3) is 22.4 Å². The summed E-state index contributed by atoms with van der Waals surface area (Å²) < 4.78 is 21.6. The Balaban J connectivity index is 1.66. The molecule has 0 saturated carbocycles. The third-order valence-corrected chi connectivity index (χ3v) is 4.53. The van der Waals surface area contributed by atoms with E-state index in [1.807, 2.05) is 18.2 Å². The molecule has 2 aromatic carbocycles. The molecule has 2 N–H and O–H groups in total. The van der Waals surface area contributed by atoms with Gasteiger partial charge in [-0.15, -0.1) is 0 Å². The van der Waals surface area contributed by atoms with Crippen LogP contribution in [0.15, 0.2) is 54.9 Å². The van der Waals surface area contributed by atoms with Crippen LogP contribution in [0.4, 0.5) is 10.5 Å². The number of aromatic amines is 1. The summed E-state index contributed by atoms with van der Waals surface area (Å²) in [7, 11) is 4.62. The van der Waals surface area contributed by atoms with Gasteiger partial charge in [-0.2, -0.15) is 0 Å². The predicted molar refractivity (Wildman–Crippen MR) is 115 cm³/mol. The van der Waals surface area contributed by atoms with Crippen molar-refractivity contribution in [3.8, 4) is 34.3 Å². The Hall–Kier alpha value is -4.27. The van der Waals surface area contributed by atoms with Crippen LogP contribution < -0.4 is 24.3 Å². The smallest absolute Gasteiger partial charge is 0.417 e. The molecular formula is C22H20N4O5. The van der Waals surface area contributed by atoms with Crippen molar-refractivity contribution >= 4 is 22.9 Å². The number of hydrogen-bond donors (Lipinski definition) is 2. The summed E-state index contributed by atoms with van der Waals surface area (Å²) in [5.74, 6) is 1.72. The maximum atomic E-state index is 12.3. The van der Waals surface area contributed by atoms with Gasteiger partial charge >= 0.3 is 6.09 Å². The molecule has 2 aromatic heterocycles. The summed E-state index contributed by atoms with van der Waals surface area (Å²) in [4.78, 5) is 24.2. The van der Waals surface area contributed by atoms with E-state index in [1.165, 1.54) is 13.3 Å². The summed E-state index contributed by atoms with van der Waals surface area (Å²) in [6.07, 6.45) is 2.51. The number of carbonyl (C=O) groups excluding carboxylic acids is 1. The van der Waals surface area contributed by atoms with Gasteiger partial charge in [0.1, 0.15) is 0 Å². The third-order valence-electron chi connectivity index (χ3n) is 4.53. The zero-order valence-corrected chi connectivity index (χ0v) is 17.1. The number of H-pyrrole nitrogens is 1. The number of anilines is 1. The van der Waals surface area contributed by atoms with Gasteiger partial charge in [0.05, 0.1) is 33.2 Å². The second-order valence-electron chi connectivity index (χ2n) is 6.40. The average molecular weight is 420 g/mol. The molecule has 0 saturated heterocycles. The number of methoxy groups -OCH3 is 3. The fourth-order valence-corrected chi connectivity index (χ4v) is 3.08. The molecule has 0 atom stereocenters. The number of ether oxygens (including phenoxy) is 4. The van der Waals surface area contributed by atoms with Gasteiger partial charge in [-0.3, -0.25) is 5.32 Å². The largest absolute Gasteiger partial charge is 0.493 e. The average Bonchev–Trinajstić information content (AvgIpc) is 3.20. The molecule has 0 fully saturated rings. The Morgan fingerprint density at radius 2 is 1.68 bits per heavy atom. The number of hydrogen-bond acceptors (Lipinski definition) is 7. The van der Waals surface area contributed by atoms with Crippen molar-refractivity contribution in [2.75, 3.05) is 26.6 Å². The molecule has 0 aliphatic carbocycles. The number of benzene rings is 2. The first-order valence-corrected chi connectivity index (χ1v) is 9.31. The van der Waals surface area contributed by atoms with Crippen LogP contribution in [0.2, 0.25) is 0 Å². The van der Waals surface area contributed by atoms with E-state index in [-0.39, 0.29) is 5.75 Å². The molecule has 158 valence electrons. The Bertz CT molecular complexity index is 1200. The highest BCUT2D eigenvalue weighted by Crippen LogP contribution is 2.41. The molecule has 0 bridgehead atoms. The maximum Gasteiger partial charge on any atom is 0.417 e. The van der Waals surface area contributed by atoms with Crippen molar-refractivity contribution in [3.63, 3.8) is 0 Å². The Morgan fingerprint density at radius 1 is 0.968 bits per heavy atom. The molecule has 0 radical (unpaired) electrons. The highest BCUT2D eigenvalue weighted by atomic mass is 16.6. The van der Waals surface area contributed by atoms with Crippen molar-refractivity contribution in [1.82, 2.24) is 15.0 Å². The zero-order valence-electron chi connectivity index (χ0n) is 17.1. The first-order chi connectivity index (χ1) is 15.1. The van der Waals surface area contributed by atoms with Gasteiger partial charge in [-0.1, -0.05) is 18.2 Å². The van der Waals surface area contributed by atoms with Crippen molar-refractivity contribution in [1.29, 1.82) is 0 Å². The first-order valence-electron chi connectivity index (χ1n) is 9.31. The van der Waals surface area contributed by atoms with Crippen LogP contribution in [0.3, 0.4) is 0 Å². The van der Waals surface area contributed by atoms with Crippen molar-refractivity contribution in [2.24, 2.45) is 0 Å². The molecule has 1 amide bonds. The highest BCUT2D eigenvalue weighted by molar-refractivity contribution is 5.90. The summed E-state index contributed by atoms with van der Waals surface area (Å²) >= 11 is 0. The number of rotatable bonds is 6. The topological polar surface area (TPSA) is 108 Å². The normalized spacial score (nSPS) is 10.5. The molecular weight excluding hydrogens is 400 g/mol. The monoisotopic (exact) mass is 420 g/mol. The molecule has 0 aliphatic rings. The molecule has 9 nitrogen and oxygen atoms in total. The van der Waals surface area contributed by atoms with Gasteiger partial charge in [-0.25, -0.2) is 14.8 Å². The molecule has 0 unspecified atom stereocenters. The van der Waals surface area contributed by atoms with Crippen molar-refractivity contribution in [3.05, 3.63) is 54.9 Å². The fourth-order valence-electron chi connectivity index (χ4n) is 3.08. The summed E-state index contributed by atoms with van der Waals surface area (Å²) in [5.41, 5.74) is 2.76. The van der Waals surface area contributed by atoms with Gasteiger partial charge in [0.25, 0.3) is 0 Å². The summed E-state index contributed by atoms with van der Waals surface area (Å²) in [6.45, 7) is 0. The van der Waals surface area contributed by atoms with Crippen molar-refractivity contribution in [2.45, 2.75) is 0 Å². The van der Waals surface area contributed by atoms with Crippen molar-refractivity contribution < 1.29 is 23.7 Å². The van der Waals surface area contributed by atoms with E-state index in [4.69, 9.17) is 18.9 Å². The molecule has 4 aromatic rings. The van der Waals surface area contributed by atoms with Gasteiger partial charge < -0.3 is 23.9 Å². The minimum Gasteiger partial charge on any atom is -0.493 e. The summed E-state index contributed by atoms with van der Waals surface area (Å²) in [5, 5.41) is 2.66. The molecule has 4 rings (SSSR count). The molecule has 9 heteroatoms. The van der Waals surface area contributed by atoms with Gasteiger partial charge in [0, 0.05) is 17.4 Å². The number of carbonyl (C=O) groups is 1. The summed E-state index contributed by atoms with van der Waals surface area (Å²) in [6, 6.07) is 12.6. The number of aromatic nitrogens is 3. The second kappa shape index (κ2) is 8.62. The van der Waals surface area contributed by atoms with E-state index in [2.05, 4.69) is 20.3 Å². The van der Waals surface area contributed by atoms with E-state index in [1.54, 1.807) is 44.7 Å². The van der Waals surface area contributed by atoms with Crippen LogP contribution in [0, 0.1) is 0 Å². The number of nitrogens with zero attached hydrogens (tertiary/aromatic N) is 2. The number of nitrogens with one attached hydrogen (secondary N) is 2. The van der Waals surface area contributed by atoms with Gasteiger partial charge in [0.2, 0.25) is 5.75 Å². The predicted octanol–water partition coefficient (Wildman–Crippen LogP) is 4.26. The minimum atomic E-state index is -0.632. The third kappa shape index (κ3) is 4.06. The SMILES string of the molecule is COc1cc(-c2cnc3[nH]cc(OC(=O)Nc4ccccc4)c3n2)cc(OC)c1OC. The molecule has 0 aliphatic heterocycles. The van der Waals surface area contributed by atoms with E-state index in [0.717, 1.165) is 0 Å². The van der Waals surface area contributed by atoms with Gasteiger partial charge in [-0.05, 0) is 24.3 Å². The highest BCUT2D eigenvalue weighted by Gasteiger charge is 2.17. The first kappa shape index (κ1) is 20.0. The molecule has 31 heavy (non-hydrogen) atoms. The standard InChI is InChI=1S/C22H20N4O5/c1-28-16-9-13(10-17(29-2)20(16)30-3)15-11-23-21-19(26-15)18(12-24-21)31-22(27)25-14-7-5-4-6-8-14/h4-12H,1-3H3,(H,23,24)(H,25,27). The van der Waals surface area contributed by atoms with E-state index < -0.39 is 6.09 Å². The zero-order chi connectivity index (χ0) is 21.8. The second-order valence-corrected chi connectivity index (χ2v) is 6.40. The quantitative estimate of drug-likeness (QED) is 0.480. The van der Waals surface area contributed by atoms with Crippen LogP contribution in [-0.4, -0.2) is 42.4 Å². The molecule has 2 heterocycles. The minimum absolute atomic E-state index is 0.255.